The van der Waals surface area contributed by atoms with Crippen molar-refractivity contribution in [2.75, 3.05) is 13.1 Å². The van der Waals surface area contributed by atoms with Crippen molar-refractivity contribution in [3.8, 4) is 0 Å². The molecule has 0 fully saturated rings. The quantitative estimate of drug-likeness (QED) is 0.372. The third-order valence-corrected chi connectivity index (χ3v) is 0.677. The Hall–Kier alpha value is -0.120. The van der Waals surface area contributed by atoms with E-state index in [1.54, 1.807) is 0 Å². The molecule has 3 heteroatoms. The van der Waals surface area contributed by atoms with Gasteiger partial charge in [-0.15, -0.1) is 0 Å². The first kappa shape index (κ1) is 10.8. The highest BCUT2D eigenvalue weighted by atomic mass is 16.4. The van der Waals surface area contributed by atoms with E-state index in [9.17, 15) is 0 Å². The van der Waals surface area contributed by atoms with Gasteiger partial charge in [-0.05, 0) is 19.5 Å². The van der Waals surface area contributed by atoms with Gasteiger partial charge in [-0.25, -0.2) is 5.90 Å². The minimum atomic E-state index is 1.10. The van der Waals surface area contributed by atoms with Gasteiger partial charge in [-0.2, -0.15) is 0 Å². The number of nitrogens with two attached hydrogens (primary N) is 1. The Kier molecular flexibility index (Phi) is 21.3. The Balaban J connectivity index is 0. The van der Waals surface area contributed by atoms with Crippen LogP contribution in [0.15, 0.2) is 0 Å². The second-order valence-corrected chi connectivity index (χ2v) is 1.35. The lowest BCUT2D eigenvalue weighted by Crippen LogP contribution is -2.12. The Labute approximate surface area is 50.8 Å². The lowest BCUT2D eigenvalue weighted by molar-refractivity contribution is 0.311. The summed E-state index contributed by atoms with van der Waals surface area (Å²) in [5, 5.41) is 9.70. The van der Waals surface area contributed by atoms with E-state index < -0.39 is 0 Å². The van der Waals surface area contributed by atoms with Crippen LogP contribution in [0.5, 0.6) is 0 Å². The van der Waals surface area contributed by atoms with E-state index in [0.29, 0.717) is 0 Å². The fourth-order valence-electron chi connectivity index (χ4n) is 0.354. The maximum atomic E-state index is 6.50. The van der Waals surface area contributed by atoms with Crippen molar-refractivity contribution in [3.05, 3.63) is 0 Å². The highest BCUT2D eigenvalue weighted by Gasteiger charge is 1.71. The second-order valence-electron chi connectivity index (χ2n) is 1.35. The molecule has 0 rings (SSSR count). The summed E-state index contributed by atoms with van der Waals surface area (Å²) in [5.74, 6) is 3.50. The zero-order valence-electron chi connectivity index (χ0n) is 5.65. The molecular weight excluding hydrogens is 104 g/mol. The Bertz CT molecular complexity index is 22.4. The zero-order chi connectivity index (χ0) is 6.83. The van der Waals surface area contributed by atoms with Crippen LogP contribution in [0.2, 0.25) is 0 Å². The van der Waals surface area contributed by atoms with Crippen molar-refractivity contribution in [1.29, 1.82) is 0 Å². The van der Waals surface area contributed by atoms with Gasteiger partial charge in [0.25, 0.3) is 0 Å². The summed E-state index contributed by atoms with van der Waals surface area (Å²) < 4.78 is 0. The van der Waals surface area contributed by atoms with Crippen LogP contribution >= 0.6 is 0 Å². The maximum absolute atomic E-state index is 6.50. The lowest BCUT2D eigenvalue weighted by atomic mass is 10.5. The van der Waals surface area contributed by atoms with Gasteiger partial charge in [0.2, 0.25) is 0 Å². The topological polar surface area (TPSA) is 58.3 Å². The molecule has 0 saturated carbocycles. The second kappa shape index (κ2) is 15.8. The van der Waals surface area contributed by atoms with Crippen LogP contribution in [0.25, 0.3) is 0 Å². The predicted molar refractivity (Wildman–Crippen MR) is 34.8 cm³/mol. The third-order valence-electron chi connectivity index (χ3n) is 0.677. The number of nitrogens with one attached hydrogen (secondary N) is 1. The maximum Gasteiger partial charge on any atom is -0.00517 e. The first-order valence-corrected chi connectivity index (χ1v) is 2.88. The van der Waals surface area contributed by atoms with E-state index in [4.69, 9.17) is 5.21 Å². The molecule has 0 unspecified atom stereocenters. The fourth-order valence-corrected chi connectivity index (χ4v) is 0.354. The van der Waals surface area contributed by atoms with Crippen LogP contribution < -0.4 is 11.2 Å². The van der Waals surface area contributed by atoms with Gasteiger partial charge < -0.3 is 10.5 Å². The van der Waals surface area contributed by atoms with Crippen LogP contribution in [-0.4, -0.2) is 18.3 Å². The van der Waals surface area contributed by atoms with E-state index in [-0.39, 0.29) is 0 Å². The van der Waals surface area contributed by atoms with Crippen molar-refractivity contribution in [2.45, 2.75) is 20.3 Å². The largest absolute Gasteiger partial charge is 0.320 e. The molecular formula is C5H16N2O. The van der Waals surface area contributed by atoms with Gasteiger partial charge in [0.05, 0.1) is 0 Å². The van der Waals surface area contributed by atoms with Crippen LogP contribution in [0.4, 0.5) is 0 Å². The van der Waals surface area contributed by atoms with Crippen LogP contribution in [0.1, 0.15) is 20.3 Å². The fraction of sp³-hybridized carbons (Fsp3) is 1.00. The normalized spacial score (nSPS) is 7.50. The number of hydrogen-bond acceptors (Lipinski definition) is 3. The van der Waals surface area contributed by atoms with Gasteiger partial charge in [0, 0.05) is 0 Å². The molecule has 0 bridgehead atoms. The first-order chi connectivity index (χ1) is 3.91. The van der Waals surface area contributed by atoms with Crippen molar-refractivity contribution in [2.24, 2.45) is 5.90 Å². The summed E-state index contributed by atoms with van der Waals surface area (Å²) in [6.07, 6.45) is 1.24. The van der Waals surface area contributed by atoms with Crippen LogP contribution in [0, 0.1) is 0 Å². The van der Waals surface area contributed by atoms with Gasteiger partial charge in [-0.1, -0.05) is 13.8 Å². The molecule has 0 spiro atoms. The molecule has 0 radical (unpaired) electrons. The van der Waals surface area contributed by atoms with Gasteiger partial charge in [-0.3, -0.25) is 0 Å². The summed E-state index contributed by atoms with van der Waals surface area (Å²) in [5.41, 5.74) is 0. The van der Waals surface area contributed by atoms with E-state index in [1.165, 1.54) is 6.42 Å². The predicted octanol–water partition coefficient (Wildman–Crippen LogP) is 0.340. The Morgan fingerprint density at radius 2 is 1.88 bits per heavy atom. The molecule has 0 aliphatic rings. The van der Waals surface area contributed by atoms with E-state index >= 15 is 0 Å². The minimum Gasteiger partial charge on any atom is -0.320 e. The molecule has 0 heterocycles. The molecule has 3 nitrogen and oxygen atoms in total. The summed E-state index contributed by atoms with van der Waals surface area (Å²) in [6, 6.07) is 0. The van der Waals surface area contributed by atoms with Crippen molar-refractivity contribution < 1.29 is 5.21 Å². The van der Waals surface area contributed by atoms with Crippen molar-refractivity contribution >= 4 is 0 Å². The Morgan fingerprint density at radius 3 is 2.00 bits per heavy atom. The summed E-state index contributed by atoms with van der Waals surface area (Å²) in [6.45, 7) is 6.56. The minimum absolute atomic E-state index is 1.10. The van der Waals surface area contributed by atoms with Crippen molar-refractivity contribution in [3.63, 3.8) is 0 Å². The monoisotopic (exact) mass is 120 g/mol. The lowest BCUT2D eigenvalue weighted by Gasteiger charge is -1.91. The highest BCUT2D eigenvalue weighted by molar-refractivity contribution is 4.35. The number of rotatable bonds is 3. The summed E-state index contributed by atoms with van der Waals surface area (Å²) >= 11 is 0. The molecule has 0 aromatic carbocycles. The summed E-state index contributed by atoms with van der Waals surface area (Å²) in [7, 11) is 0. The van der Waals surface area contributed by atoms with Gasteiger partial charge >= 0.3 is 0 Å². The highest BCUT2D eigenvalue weighted by Crippen LogP contribution is 1.65. The molecule has 0 aromatic rings. The molecule has 0 atom stereocenters. The van der Waals surface area contributed by atoms with Gasteiger partial charge in [0.15, 0.2) is 0 Å². The molecule has 0 amide bonds. The average Bonchev–Trinajstić information content (AvgIpc) is 1.88. The summed E-state index contributed by atoms with van der Waals surface area (Å²) in [4.78, 5) is 0. The Morgan fingerprint density at radius 1 is 1.38 bits per heavy atom. The standard InChI is InChI=1S/C5H13N.H3NO/c1-3-5-6-4-2;1-2/h6H,3-5H2,1-2H3;2H,1H2. The van der Waals surface area contributed by atoms with Gasteiger partial charge in [0.1, 0.15) is 0 Å². The SMILES string of the molecule is CCCNCC.NO. The first-order valence-electron chi connectivity index (χ1n) is 2.88. The molecule has 52 valence electrons. The average molecular weight is 120 g/mol. The molecule has 0 aromatic heterocycles. The number of hydrogen-bond donors (Lipinski definition) is 3. The molecule has 4 N–H and O–H groups in total. The molecule has 0 saturated heterocycles. The molecule has 0 aliphatic carbocycles. The van der Waals surface area contributed by atoms with E-state index in [2.05, 4.69) is 25.1 Å². The van der Waals surface area contributed by atoms with Crippen LogP contribution in [-0.2, 0) is 0 Å². The smallest absolute Gasteiger partial charge is 0.00517 e. The van der Waals surface area contributed by atoms with E-state index in [0.717, 1.165) is 13.1 Å². The van der Waals surface area contributed by atoms with Crippen molar-refractivity contribution in [1.82, 2.24) is 5.32 Å². The zero-order valence-corrected chi connectivity index (χ0v) is 5.65. The van der Waals surface area contributed by atoms with Crippen LogP contribution in [0.3, 0.4) is 0 Å². The molecule has 0 aliphatic heterocycles. The molecule has 8 heavy (non-hydrogen) atoms. The third kappa shape index (κ3) is 16.9. The van der Waals surface area contributed by atoms with E-state index in [1.807, 2.05) is 0 Å².